The van der Waals surface area contributed by atoms with Gasteiger partial charge in [0.05, 0.1) is 6.04 Å². The molecule has 20 nitrogen and oxygen atoms in total. The number of carbonyl (C=O) groups is 8. The standard InChI is InChI=1S/C54H58F10N12O8S2/c1-22(2)46-54(84)75-35(52(82)71-31(47(67)77)18-27-38(57)42(61)45(64)43(62)39(27)58)21-86-85-20-34(74-48(78)28(66)17-26-36(55)40(59)44(63)41(60)37(26)56)53(83)73-33(16-24-9-6-8-14-68-24)51(81)72-32(15-23-19-69-29-11-4-3-10-25(23)29)50(80)70-30(49(79)76-46)12-5-7-13-65/h3-4,6,8-11,14,19,22,28,30-35,46,69H,5,7,12-13,15-18,20-21,65-66H2,1-2H3,(H2,67,77)(H,70,80)(H,71,82)(H,72,81)(H,73,83)(H,74,78)(H,75,84)(H,76,79)/t28-,30-,31-,32?,33-,34?,35?,46?/m0/s1. The number of pyridine rings is 1. The van der Waals surface area contributed by atoms with Crippen LogP contribution in [0.15, 0.2) is 54.9 Å². The van der Waals surface area contributed by atoms with Gasteiger partial charge in [0.25, 0.3) is 0 Å². The molecule has 3 heterocycles. The molecule has 8 atom stereocenters. The van der Waals surface area contributed by atoms with Crippen molar-refractivity contribution in [1.82, 2.24) is 47.2 Å². The zero-order valence-corrected chi connectivity index (χ0v) is 47.1. The summed E-state index contributed by atoms with van der Waals surface area (Å²) in [6.07, 6.45) is -0.0885. The number of nitrogens with zero attached hydrogens (tertiary/aromatic N) is 1. The van der Waals surface area contributed by atoms with E-state index in [1.807, 2.05) is 5.32 Å². The van der Waals surface area contributed by atoms with Gasteiger partial charge in [-0.3, -0.25) is 43.3 Å². The average Bonchev–Trinajstić information content (AvgIpc) is 3.47. The van der Waals surface area contributed by atoms with E-state index >= 15 is 0 Å². The first-order chi connectivity index (χ1) is 40.7. The number of unbranched alkanes of at least 4 members (excludes halogenated alkanes) is 1. The molecule has 3 aromatic carbocycles. The van der Waals surface area contributed by atoms with Gasteiger partial charge in [0.2, 0.25) is 58.9 Å². The van der Waals surface area contributed by atoms with E-state index < -0.39 is 202 Å². The monoisotopic (exact) mass is 1260 g/mol. The highest BCUT2D eigenvalue weighted by molar-refractivity contribution is 8.76. The largest absolute Gasteiger partial charge is 0.368 e. The Balaban J connectivity index is 1.43. The van der Waals surface area contributed by atoms with Gasteiger partial charge in [0, 0.05) is 77.3 Å². The van der Waals surface area contributed by atoms with E-state index in [2.05, 4.69) is 41.9 Å². The topological polar surface area (TPSA) is 328 Å². The molecule has 464 valence electrons. The summed E-state index contributed by atoms with van der Waals surface area (Å²) in [7, 11) is 1.24. The minimum Gasteiger partial charge on any atom is -0.368 e. The second-order valence-corrected chi connectivity index (χ2v) is 22.6. The number of nitrogens with two attached hydrogens (primary N) is 3. The number of hydrogen-bond acceptors (Lipinski definition) is 13. The number of hydrogen-bond donors (Lipinski definition) is 11. The molecule has 0 spiro atoms. The summed E-state index contributed by atoms with van der Waals surface area (Å²) in [6.45, 7) is 3.09. The maximum absolute atomic E-state index is 14.9. The Bertz CT molecular complexity index is 3300. The number of fused-ring (bicyclic) bond motifs is 1. The van der Waals surface area contributed by atoms with Gasteiger partial charge in [0.15, 0.2) is 46.5 Å². The maximum Gasteiger partial charge on any atom is 0.244 e. The SMILES string of the molecule is CC(C)C1NC(=O)[C@H](CCCCN)NC(=O)C(Cc2c[nH]c3ccccc23)NC(=O)[C@H](Cc2ccccn2)NC(=O)C(NC(=O)[C@@H](N)Cc2c(F)c(F)c(F)c(F)c2F)CSSCC(C(=O)N[C@@H](Cc2c(F)c(F)c(F)c(F)c2F)C(N)=O)NC1=O. The fourth-order valence-corrected chi connectivity index (χ4v) is 11.2. The predicted octanol–water partition coefficient (Wildman–Crippen LogP) is 2.61. The van der Waals surface area contributed by atoms with Crippen molar-refractivity contribution in [3.05, 3.63) is 135 Å². The Labute approximate surface area is 491 Å². The number of aromatic nitrogens is 2. The van der Waals surface area contributed by atoms with Crippen LogP contribution in [0.5, 0.6) is 0 Å². The van der Waals surface area contributed by atoms with Gasteiger partial charge >= 0.3 is 0 Å². The van der Waals surface area contributed by atoms with Crippen molar-refractivity contribution in [1.29, 1.82) is 0 Å². The van der Waals surface area contributed by atoms with E-state index in [1.54, 1.807) is 36.5 Å². The lowest BCUT2D eigenvalue weighted by atomic mass is 10.00. The number of rotatable bonds is 18. The van der Waals surface area contributed by atoms with Crippen molar-refractivity contribution in [2.45, 2.75) is 107 Å². The molecule has 5 aromatic rings. The van der Waals surface area contributed by atoms with E-state index in [9.17, 15) is 82.3 Å². The van der Waals surface area contributed by atoms with Gasteiger partial charge in [-0.05, 0) is 55.5 Å². The Morgan fingerprint density at radius 2 is 1.17 bits per heavy atom. The molecule has 0 radical (unpaired) electrons. The van der Waals surface area contributed by atoms with Gasteiger partial charge in [-0.1, -0.05) is 59.7 Å². The molecular weight excluding hydrogens is 1200 g/mol. The quantitative estimate of drug-likeness (QED) is 0.0198. The van der Waals surface area contributed by atoms with E-state index in [0.29, 0.717) is 44.5 Å². The van der Waals surface area contributed by atoms with Crippen LogP contribution in [-0.2, 0) is 64.0 Å². The molecular formula is C54H58F10N12O8S2. The highest BCUT2D eigenvalue weighted by atomic mass is 33.1. The molecule has 32 heteroatoms. The first-order valence-corrected chi connectivity index (χ1v) is 28.8. The van der Waals surface area contributed by atoms with Gasteiger partial charge in [-0.2, -0.15) is 0 Å². The lowest BCUT2D eigenvalue weighted by molar-refractivity contribution is -0.136. The zero-order chi connectivity index (χ0) is 63.3. The number of aromatic amines is 1. The summed E-state index contributed by atoms with van der Waals surface area (Å²) in [4.78, 5) is 121. The Hall–Kier alpha value is -7.97. The molecule has 2 aromatic heterocycles. The first kappa shape index (κ1) is 67.2. The fourth-order valence-electron chi connectivity index (χ4n) is 8.84. The van der Waals surface area contributed by atoms with Gasteiger partial charge in [0.1, 0.15) is 42.3 Å². The van der Waals surface area contributed by atoms with Crippen LogP contribution in [0.25, 0.3) is 10.9 Å². The molecule has 1 fully saturated rings. The van der Waals surface area contributed by atoms with Gasteiger partial charge in [-0.15, -0.1) is 0 Å². The first-order valence-electron chi connectivity index (χ1n) is 26.3. The lowest BCUT2D eigenvalue weighted by Crippen LogP contribution is -2.61. The number of halogens is 10. The van der Waals surface area contributed by atoms with Crippen LogP contribution in [0.4, 0.5) is 43.9 Å². The predicted molar refractivity (Wildman–Crippen MR) is 293 cm³/mol. The molecule has 1 aliphatic rings. The fraction of sp³-hybridized carbons (Fsp3) is 0.389. The lowest BCUT2D eigenvalue weighted by Gasteiger charge is -2.29. The van der Waals surface area contributed by atoms with E-state index in [-0.39, 0.29) is 31.5 Å². The molecule has 0 bridgehead atoms. The average molecular weight is 1260 g/mol. The van der Waals surface area contributed by atoms with Gasteiger partial charge < -0.3 is 59.4 Å². The summed E-state index contributed by atoms with van der Waals surface area (Å²) in [5.41, 5.74) is 15.4. The second kappa shape index (κ2) is 30.4. The molecule has 86 heavy (non-hydrogen) atoms. The minimum atomic E-state index is -2.54. The summed E-state index contributed by atoms with van der Waals surface area (Å²) in [5, 5.41) is 17.6. The molecule has 1 aliphatic heterocycles. The van der Waals surface area contributed by atoms with E-state index in [0.717, 1.165) is 0 Å². The highest BCUT2D eigenvalue weighted by Crippen LogP contribution is 2.28. The van der Waals surface area contributed by atoms with Gasteiger partial charge in [-0.25, -0.2) is 43.9 Å². The molecule has 8 amide bonds. The number of amides is 8. The summed E-state index contributed by atoms with van der Waals surface area (Å²) < 4.78 is 144. The van der Waals surface area contributed by atoms with Crippen LogP contribution in [0.3, 0.4) is 0 Å². The van der Waals surface area contributed by atoms with Crippen LogP contribution in [0, 0.1) is 64.1 Å². The van der Waals surface area contributed by atoms with Crippen LogP contribution in [-0.4, -0.2) is 124 Å². The highest BCUT2D eigenvalue weighted by Gasteiger charge is 2.38. The third-order valence-electron chi connectivity index (χ3n) is 13.6. The molecule has 4 unspecified atom stereocenters. The number of benzene rings is 3. The van der Waals surface area contributed by atoms with Crippen LogP contribution in [0.2, 0.25) is 0 Å². The van der Waals surface area contributed by atoms with Crippen molar-refractivity contribution in [3.8, 4) is 0 Å². The van der Waals surface area contributed by atoms with E-state index in [1.165, 1.54) is 32.2 Å². The Morgan fingerprint density at radius 3 is 1.76 bits per heavy atom. The van der Waals surface area contributed by atoms with Crippen LogP contribution >= 0.6 is 21.6 Å². The molecule has 14 N–H and O–H groups in total. The summed E-state index contributed by atoms with van der Waals surface area (Å²) >= 11 is 0. The van der Waals surface area contributed by atoms with E-state index in [4.69, 9.17) is 17.2 Å². The second-order valence-electron chi connectivity index (χ2n) is 20.1. The number of H-pyrrole nitrogens is 1. The summed E-state index contributed by atoms with van der Waals surface area (Å²) in [6, 6.07) is -3.13. The number of primary amides is 1. The third kappa shape index (κ3) is 16.7. The molecule has 0 aliphatic carbocycles. The van der Waals surface area contributed by atoms with Crippen LogP contribution < -0.4 is 54.4 Å². The Morgan fingerprint density at radius 1 is 0.640 bits per heavy atom. The summed E-state index contributed by atoms with van der Waals surface area (Å²) in [5.74, 6) is -35.7. The smallest absolute Gasteiger partial charge is 0.244 e. The van der Waals surface area contributed by atoms with Crippen molar-refractivity contribution < 1.29 is 82.3 Å². The van der Waals surface area contributed by atoms with Crippen molar-refractivity contribution in [2.75, 3.05) is 18.1 Å². The number of nitrogens with one attached hydrogen (secondary N) is 8. The maximum atomic E-state index is 14.9. The molecule has 6 rings (SSSR count). The molecule has 1 saturated heterocycles. The molecule has 0 saturated carbocycles. The minimum absolute atomic E-state index is 0.109. The Kier molecular flexibility index (Phi) is 23.7. The van der Waals surface area contributed by atoms with Crippen molar-refractivity contribution in [2.24, 2.45) is 23.1 Å². The normalized spacial score (nSPS) is 20.2. The number of carbonyl (C=O) groups excluding carboxylic acids is 8. The third-order valence-corrected chi connectivity index (χ3v) is 16.0. The van der Waals surface area contributed by atoms with Crippen molar-refractivity contribution >= 4 is 79.7 Å². The number of para-hydroxylation sites is 1. The zero-order valence-electron chi connectivity index (χ0n) is 45.5. The van der Waals surface area contributed by atoms with Crippen LogP contribution in [0.1, 0.15) is 55.5 Å². The van der Waals surface area contributed by atoms with Crippen molar-refractivity contribution in [3.63, 3.8) is 0 Å².